The largest absolute Gasteiger partial charge is 0.497 e. The molecule has 0 aliphatic carbocycles. The molecule has 6 rings (SSSR count). The molecule has 4 N–H and O–H groups in total. The van der Waals surface area contributed by atoms with Crippen LogP contribution >= 0.6 is 69.6 Å². The van der Waals surface area contributed by atoms with Gasteiger partial charge in [0.05, 0.1) is 109 Å². The summed E-state index contributed by atoms with van der Waals surface area (Å²) in [4.78, 5) is 131. The number of alkyl carbamates (subject to hydrolysis) is 1. The van der Waals surface area contributed by atoms with E-state index in [2.05, 4.69) is 133 Å². The molecule has 0 radical (unpaired) electrons. The summed E-state index contributed by atoms with van der Waals surface area (Å²) in [5, 5.41) is 34.1. The summed E-state index contributed by atoms with van der Waals surface area (Å²) in [7, 11) is 1.61. The number of isocyanates is 1. The molecule has 1 aromatic carbocycles. The van der Waals surface area contributed by atoms with Crippen molar-refractivity contribution in [2.24, 2.45) is 51.1 Å². The summed E-state index contributed by atoms with van der Waals surface area (Å²) in [5.74, 6) is 5.58. The van der Waals surface area contributed by atoms with Crippen LogP contribution in [0.4, 0.5) is 4.79 Å². The van der Waals surface area contributed by atoms with Crippen LogP contribution in [-0.2, 0) is 111 Å². The standard InChI is InChI=1S/C23H33N3O4.C19H32N2O3.C15H23N3O2.C15H24N2O3.C14H25N3O.3CH2Cl2.5CO2/c1-7-19-14-24-26(21(19)29-15-17(2)3)13-12-23(4,5)25-22(27)30-16-18-8-10-20(28-6)11-9-18;1-9-15-12-20-21(16(15)23-13-14(2)3)11-10-19(7,8)17(22)24-18(4,5)6;1-6-13-9-17-18(14(13)20-10-12(2)3)8-7-15(4,5)16-11-19;1-6-12-9-16-17(13(12)20-10-11(2)3)8-7-15(4,5)14(18)19;1-6-12-9-16-17(8-7-14(4,5)15)13(12)18-10-11(2)3;8*2-1-3/h8-14,17H,7,15-16H2,1-6H3,(H,25,27);10-12,14H,9,13H2,1-8H3;7-9,12H,6,10H2,1-5H3;7-9,11H,6,10H2,1-5H3,(H,18,19);7-9,11H,6,10,15H2,1-5H3;3*1H2;;;;;/b13-12+;11-10+;3*8-7+;;;;;;;;. The molecule has 0 fully saturated rings. The Morgan fingerprint density at radius 3 is 0.904 bits per heavy atom. The number of esters is 1. The SMILES string of the molecule is CCc1cnn(/C=C/C(C)(C)C(=O)O)c1OCC(C)C.CCc1cnn(/C=C/C(C)(C)C(=O)OC(C)(C)C)c1OCC(C)C.CCc1cnn(/C=C/C(C)(C)N)c1OCC(C)C.CCc1cnn(/C=C/C(C)(C)N=C=O)c1OCC(C)C.CCc1cnn(/C=C/C(C)(C)NC(=O)OCc2ccc(OC)cc2)c1OCC(C)C.ClCCl.ClCCl.ClCCl.O=C=O.O=C=O.O=C=O.O=C=O.O=C=O. The Bertz CT molecular complexity index is 4470. The molecule has 0 saturated carbocycles. The van der Waals surface area contributed by atoms with Crippen molar-refractivity contribution in [2.75, 3.05) is 56.2 Å². The van der Waals surface area contributed by atoms with Gasteiger partial charge in [0.2, 0.25) is 35.5 Å². The first-order chi connectivity index (χ1) is 63.5. The van der Waals surface area contributed by atoms with Crippen molar-refractivity contribution >= 4 is 155 Å². The van der Waals surface area contributed by atoms with Crippen molar-refractivity contribution in [3.8, 4) is 35.1 Å². The summed E-state index contributed by atoms with van der Waals surface area (Å²) in [6, 6.07) is 7.38. The Kier molecular flexibility index (Phi) is 80.2. The molecular weight excluding hydrogens is 1890 g/mol. The van der Waals surface area contributed by atoms with Gasteiger partial charge in [-0.1, -0.05) is 116 Å². The van der Waals surface area contributed by atoms with Gasteiger partial charge >= 0.3 is 48.8 Å². The number of aromatic nitrogens is 10. The number of rotatable bonds is 37. The van der Waals surface area contributed by atoms with Crippen molar-refractivity contribution in [3.63, 3.8) is 0 Å². The number of carbonyl (C=O) groups excluding carboxylic acids is 13. The second kappa shape index (κ2) is 79.1. The Labute approximate surface area is 831 Å². The predicted molar refractivity (Wildman–Crippen MR) is 523 cm³/mol. The van der Waals surface area contributed by atoms with Crippen molar-refractivity contribution in [1.82, 2.24) is 54.2 Å². The molecule has 36 nitrogen and oxygen atoms in total. The van der Waals surface area contributed by atoms with E-state index in [1.807, 2.05) is 138 Å². The number of nitrogens with zero attached hydrogens (tertiary/aromatic N) is 11. The molecule has 5 aromatic heterocycles. The van der Waals surface area contributed by atoms with Gasteiger partial charge in [-0.25, -0.2) is 33.0 Å². The van der Waals surface area contributed by atoms with E-state index in [-0.39, 0.29) is 64.9 Å². The fourth-order valence-electron chi connectivity index (χ4n) is 8.90. The van der Waals surface area contributed by atoms with Crippen LogP contribution in [0.5, 0.6) is 35.1 Å². The average Bonchev–Trinajstić information content (AvgIpc) is 1.66. The lowest BCUT2D eigenvalue weighted by atomic mass is 9.93. The summed E-state index contributed by atoms with van der Waals surface area (Å²) in [6.45, 7) is 58.6. The quantitative estimate of drug-likeness (QED) is 0.0141. The van der Waals surface area contributed by atoms with Crippen molar-refractivity contribution in [3.05, 3.63) is 119 Å². The highest BCUT2D eigenvalue weighted by atomic mass is 35.5. The Morgan fingerprint density at radius 2 is 0.676 bits per heavy atom. The number of nitrogens with one attached hydrogen (secondary N) is 1. The van der Waals surface area contributed by atoms with Gasteiger partial charge in [-0.2, -0.15) is 78.4 Å². The number of alkyl halides is 6. The van der Waals surface area contributed by atoms with Gasteiger partial charge in [0.15, 0.2) is 0 Å². The van der Waals surface area contributed by atoms with E-state index < -0.39 is 39.6 Å². The summed E-state index contributed by atoms with van der Waals surface area (Å²) in [6.07, 6.45) is 33.5. The predicted octanol–water partition coefficient (Wildman–Crippen LogP) is 19.1. The first-order valence-electron chi connectivity index (χ1n) is 42.7. The minimum Gasteiger partial charge on any atom is -0.497 e. The normalized spacial score (nSPS) is 10.8. The number of hydrogen-bond donors (Lipinski definition) is 3. The fourth-order valence-corrected chi connectivity index (χ4v) is 8.90. The molecule has 0 saturated heterocycles. The van der Waals surface area contributed by atoms with E-state index in [0.29, 0.717) is 68.5 Å². The van der Waals surface area contributed by atoms with E-state index in [4.69, 9.17) is 166 Å². The second-order valence-electron chi connectivity index (χ2n) is 33.9. The number of aryl methyl sites for hydroxylation is 5. The highest BCUT2D eigenvalue weighted by molar-refractivity contribution is 6.41. The van der Waals surface area contributed by atoms with E-state index in [9.17, 15) is 19.2 Å². The zero-order chi connectivity index (χ0) is 107. The molecule has 42 heteroatoms. The van der Waals surface area contributed by atoms with Gasteiger partial charge in [-0.05, 0) is 200 Å². The maximum atomic E-state index is 12.3. The number of carboxylic acid groups (broad SMARTS) is 1. The van der Waals surface area contributed by atoms with E-state index in [1.165, 1.54) is 0 Å². The molecule has 0 aliphatic heterocycles. The smallest absolute Gasteiger partial charge is 0.408 e. The minimum absolute atomic E-state index is 0.182. The van der Waals surface area contributed by atoms with Gasteiger partial charge < -0.3 is 54.1 Å². The van der Waals surface area contributed by atoms with Crippen molar-refractivity contribution in [2.45, 2.75) is 255 Å². The Morgan fingerprint density at radius 1 is 0.426 bits per heavy atom. The number of halogens is 6. The first-order valence-corrected chi connectivity index (χ1v) is 45.9. The topological polar surface area (TPSA) is 473 Å². The summed E-state index contributed by atoms with van der Waals surface area (Å²) >= 11 is 28.6. The van der Waals surface area contributed by atoms with Gasteiger partial charge in [-0.15, -0.1) is 69.6 Å². The molecule has 0 atom stereocenters. The number of carboxylic acids is 1. The van der Waals surface area contributed by atoms with Crippen molar-refractivity contribution in [1.29, 1.82) is 0 Å². The number of aliphatic imine (C=N–C) groups is 1. The lowest BCUT2D eigenvalue weighted by molar-refractivity contribution is -0.193. The first kappa shape index (κ1) is 138. The lowest BCUT2D eigenvalue weighted by Crippen LogP contribution is -2.42. The molecule has 6 aromatic rings. The zero-order valence-corrected chi connectivity index (χ0v) is 88.5. The number of benzene rings is 1. The second-order valence-corrected chi connectivity index (χ2v) is 36.3. The average molecular weight is 2040 g/mol. The maximum absolute atomic E-state index is 12.3. The van der Waals surface area contributed by atoms with Crippen LogP contribution < -0.4 is 39.5 Å². The molecule has 0 aliphatic rings. The van der Waals surface area contributed by atoms with Gasteiger partial charge in [0, 0.05) is 64.4 Å². The third kappa shape index (κ3) is 69.7. The highest BCUT2D eigenvalue weighted by Crippen LogP contribution is 2.29. The third-order valence-electron chi connectivity index (χ3n) is 15.7. The minimum atomic E-state index is -0.937. The van der Waals surface area contributed by atoms with Gasteiger partial charge in [0.25, 0.3) is 0 Å². The van der Waals surface area contributed by atoms with E-state index in [0.717, 1.165) is 94.8 Å². The number of methoxy groups -OCH3 is 1. The number of carbonyl (C=O) groups is 3. The number of hydrogen-bond acceptors (Lipinski definition) is 29. The number of aliphatic carboxylic acids is 1. The van der Waals surface area contributed by atoms with Crippen LogP contribution in [0.1, 0.15) is 227 Å². The van der Waals surface area contributed by atoms with Crippen LogP contribution in [0.2, 0.25) is 0 Å². The van der Waals surface area contributed by atoms with E-state index >= 15 is 0 Å². The number of nitrogens with two attached hydrogens (primary N) is 1. The molecule has 0 unspecified atom stereocenters. The van der Waals surface area contributed by atoms with Crippen LogP contribution in [-0.4, -0.2) is 187 Å². The summed E-state index contributed by atoms with van der Waals surface area (Å²) in [5.41, 5.74) is 8.33. The molecule has 0 bridgehead atoms. The highest BCUT2D eigenvalue weighted by Gasteiger charge is 2.31. The molecule has 136 heavy (non-hydrogen) atoms. The molecule has 764 valence electrons. The fraction of sp³-hybridized carbons (Fsp3) is 0.574. The van der Waals surface area contributed by atoms with Gasteiger partial charge in [-0.3, -0.25) is 9.59 Å². The number of amides is 1. The monoisotopic (exact) mass is 2030 g/mol. The Hall–Kier alpha value is -11.0. The molecule has 5 heterocycles. The van der Waals surface area contributed by atoms with Gasteiger partial charge in [0.1, 0.15) is 18.0 Å². The summed E-state index contributed by atoms with van der Waals surface area (Å²) < 4.78 is 53.7. The van der Waals surface area contributed by atoms with Crippen LogP contribution in [0.15, 0.2) is 90.6 Å². The van der Waals surface area contributed by atoms with Crippen LogP contribution in [0, 0.1) is 40.4 Å². The maximum Gasteiger partial charge on any atom is 0.408 e. The van der Waals surface area contributed by atoms with E-state index in [1.54, 1.807) is 112 Å². The molecule has 0 spiro atoms. The number of ether oxygens (including phenoxy) is 8. The molecule has 1 amide bonds. The molecular formula is C94H143Cl6N13O23. The Balaban J connectivity index is -0.000000290. The van der Waals surface area contributed by atoms with Crippen LogP contribution in [0.3, 0.4) is 0 Å². The van der Waals surface area contributed by atoms with Crippen molar-refractivity contribution < 1.29 is 110 Å². The van der Waals surface area contributed by atoms with Crippen LogP contribution in [0.25, 0.3) is 31.0 Å². The zero-order valence-electron chi connectivity index (χ0n) is 83.9. The third-order valence-corrected chi connectivity index (χ3v) is 15.7. The lowest BCUT2D eigenvalue weighted by Gasteiger charge is -2.26.